The van der Waals surface area contributed by atoms with E-state index in [9.17, 15) is 19.7 Å². The summed E-state index contributed by atoms with van der Waals surface area (Å²) in [4.78, 5) is 34.9. The fourth-order valence-corrected chi connectivity index (χ4v) is 3.09. The molecule has 0 aliphatic heterocycles. The highest BCUT2D eigenvalue weighted by Crippen LogP contribution is 2.29. The SMILES string of the molecule is COc1cc(/C=N/NC(=O)COc2ccc(C)cc2[N+](=O)[O-])ccc1OC(=O)c1ccccc1Cl. The second kappa shape index (κ2) is 11.6. The van der Waals surface area contributed by atoms with Crippen molar-refractivity contribution in [3.8, 4) is 17.2 Å². The van der Waals surface area contributed by atoms with Gasteiger partial charge in [0.05, 0.1) is 28.8 Å². The zero-order valence-corrected chi connectivity index (χ0v) is 19.4. The smallest absolute Gasteiger partial charge is 0.345 e. The lowest BCUT2D eigenvalue weighted by atomic mass is 10.2. The summed E-state index contributed by atoms with van der Waals surface area (Å²) in [6.45, 7) is 1.24. The van der Waals surface area contributed by atoms with Crippen molar-refractivity contribution in [2.75, 3.05) is 13.7 Å². The van der Waals surface area contributed by atoms with Gasteiger partial charge < -0.3 is 14.2 Å². The van der Waals surface area contributed by atoms with E-state index in [-0.39, 0.29) is 33.5 Å². The number of ether oxygens (including phenoxy) is 3. The Labute approximate surface area is 205 Å². The number of rotatable bonds is 9. The molecule has 0 aliphatic carbocycles. The van der Waals surface area contributed by atoms with Crippen LogP contribution in [-0.4, -0.2) is 36.7 Å². The summed E-state index contributed by atoms with van der Waals surface area (Å²) in [7, 11) is 1.41. The van der Waals surface area contributed by atoms with Crippen LogP contribution >= 0.6 is 11.6 Å². The number of amides is 1. The zero-order valence-electron chi connectivity index (χ0n) is 18.7. The van der Waals surface area contributed by atoms with Crippen LogP contribution in [0, 0.1) is 17.0 Å². The number of esters is 1. The van der Waals surface area contributed by atoms with E-state index < -0.39 is 23.4 Å². The van der Waals surface area contributed by atoms with Crippen molar-refractivity contribution in [2.45, 2.75) is 6.92 Å². The third-order valence-corrected chi connectivity index (χ3v) is 4.89. The van der Waals surface area contributed by atoms with Crippen molar-refractivity contribution in [2.24, 2.45) is 5.10 Å². The number of aryl methyl sites for hydroxylation is 1. The quantitative estimate of drug-likeness (QED) is 0.153. The maximum atomic E-state index is 12.4. The summed E-state index contributed by atoms with van der Waals surface area (Å²) in [6.07, 6.45) is 1.34. The topological polar surface area (TPSA) is 129 Å². The number of halogens is 1. The highest BCUT2D eigenvalue weighted by atomic mass is 35.5. The molecule has 0 bridgehead atoms. The van der Waals surface area contributed by atoms with Crippen LogP contribution < -0.4 is 19.6 Å². The monoisotopic (exact) mass is 497 g/mol. The van der Waals surface area contributed by atoms with Gasteiger partial charge in [0.2, 0.25) is 0 Å². The van der Waals surface area contributed by atoms with E-state index in [4.69, 9.17) is 25.8 Å². The number of nitro groups is 1. The minimum Gasteiger partial charge on any atom is -0.493 e. The van der Waals surface area contributed by atoms with Gasteiger partial charge in [0.1, 0.15) is 0 Å². The highest BCUT2D eigenvalue weighted by molar-refractivity contribution is 6.33. The van der Waals surface area contributed by atoms with Crippen LogP contribution in [0.2, 0.25) is 5.02 Å². The van der Waals surface area contributed by atoms with Crippen LogP contribution in [-0.2, 0) is 4.79 Å². The van der Waals surface area contributed by atoms with Crippen LogP contribution in [0.25, 0.3) is 0 Å². The molecule has 1 N–H and O–H groups in total. The third-order valence-electron chi connectivity index (χ3n) is 4.56. The van der Waals surface area contributed by atoms with E-state index >= 15 is 0 Å². The van der Waals surface area contributed by atoms with Crippen molar-refractivity contribution in [1.29, 1.82) is 0 Å². The molecule has 1 amide bonds. The minimum atomic E-state index is -0.642. The fraction of sp³-hybridized carbons (Fsp3) is 0.125. The first-order valence-corrected chi connectivity index (χ1v) is 10.5. The van der Waals surface area contributed by atoms with Gasteiger partial charge in [-0.1, -0.05) is 29.8 Å². The predicted octanol–water partition coefficient (Wildman–Crippen LogP) is 4.31. The van der Waals surface area contributed by atoms with Crippen LogP contribution in [0.15, 0.2) is 65.8 Å². The second-order valence-electron chi connectivity index (χ2n) is 7.09. The van der Waals surface area contributed by atoms with Crippen LogP contribution in [0.5, 0.6) is 17.2 Å². The second-order valence-corrected chi connectivity index (χ2v) is 7.50. The Bertz CT molecular complexity index is 1290. The maximum Gasteiger partial charge on any atom is 0.345 e. The first kappa shape index (κ1) is 25.2. The largest absolute Gasteiger partial charge is 0.493 e. The van der Waals surface area contributed by atoms with Gasteiger partial charge >= 0.3 is 11.7 Å². The van der Waals surface area contributed by atoms with Gasteiger partial charge in [-0.2, -0.15) is 5.10 Å². The molecule has 0 atom stereocenters. The average molecular weight is 498 g/mol. The molecular formula is C24H20ClN3O7. The van der Waals surface area contributed by atoms with Gasteiger partial charge in [0.25, 0.3) is 5.91 Å². The van der Waals surface area contributed by atoms with Gasteiger partial charge in [0, 0.05) is 6.07 Å². The number of hydrazone groups is 1. The number of carbonyl (C=O) groups excluding carboxylic acids is 2. The van der Waals surface area contributed by atoms with E-state index in [1.165, 1.54) is 31.5 Å². The van der Waals surface area contributed by atoms with Crippen LogP contribution in [0.3, 0.4) is 0 Å². The third kappa shape index (κ3) is 6.78. The first-order chi connectivity index (χ1) is 16.8. The molecule has 0 radical (unpaired) electrons. The van der Waals surface area contributed by atoms with E-state index in [0.29, 0.717) is 11.1 Å². The van der Waals surface area contributed by atoms with Crippen molar-refractivity contribution in [3.63, 3.8) is 0 Å². The van der Waals surface area contributed by atoms with E-state index in [1.807, 2.05) is 0 Å². The Morgan fingerprint density at radius 2 is 1.83 bits per heavy atom. The van der Waals surface area contributed by atoms with Crippen molar-refractivity contribution >= 4 is 35.4 Å². The van der Waals surface area contributed by atoms with E-state index in [1.54, 1.807) is 49.4 Å². The summed E-state index contributed by atoms with van der Waals surface area (Å²) in [5, 5.41) is 15.2. The molecule has 11 heteroatoms. The number of nitrogens with one attached hydrogen (secondary N) is 1. The highest BCUT2D eigenvalue weighted by Gasteiger charge is 2.17. The average Bonchev–Trinajstić information content (AvgIpc) is 2.84. The summed E-state index contributed by atoms with van der Waals surface area (Å²) in [5.41, 5.74) is 3.48. The number of nitro benzene ring substituents is 1. The molecule has 180 valence electrons. The Balaban J connectivity index is 1.59. The molecule has 3 rings (SSSR count). The Hall–Kier alpha value is -4.44. The predicted molar refractivity (Wildman–Crippen MR) is 128 cm³/mol. The minimum absolute atomic E-state index is 0.0219. The maximum absolute atomic E-state index is 12.4. The molecule has 3 aromatic rings. The van der Waals surface area contributed by atoms with Crippen LogP contribution in [0.4, 0.5) is 5.69 Å². The lowest BCUT2D eigenvalue weighted by Crippen LogP contribution is -2.24. The number of benzene rings is 3. The Morgan fingerprint density at radius 3 is 2.54 bits per heavy atom. The summed E-state index contributed by atoms with van der Waals surface area (Å²) in [5.74, 6) is -0.849. The van der Waals surface area contributed by atoms with Gasteiger partial charge in [0.15, 0.2) is 23.9 Å². The van der Waals surface area contributed by atoms with Crippen molar-refractivity contribution in [1.82, 2.24) is 5.43 Å². The van der Waals surface area contributed by atoms with Gasteiger partial charge in [-0.05, 0) is 54.4 Å². The number of hydrogen-bond donors (Lipinski definition) is 1. The van der Waals surface area contributed by atoms with E-state index in [2.05, 4.69) is 10.5 Å². The molecule has 35 heavy (non-hydrogen) atoms. The Kier molecular flexibility index (Phi) is 8.36. The lowest BCUT2D eigenvalue weighted by Gasteiger charge is -2.10. The molecule has 0 unspecified atom stereocenters. The van der Waals surface area contributed by atoms with E-state index in [0.717, 1.165) is 0 Å². The zero-order chi connectivity index (χ0) is 25.4. The number of carbonyl (C=O) groups is 2. The standard InChI is InChI=1S/C24H20ClN3O7/c1-15-7-9-20(19(11-15)28(31)32)34-14-23(29)27-26-13-16-8-10-21(22(12-16)33-2)35-24(30)17-5-3-4-6-18(17)25/h3-13H,14H2,1-2H3,(H,27,29)/b26-13+. The fourth-order valence-electron chi connectivity index (χ4n) is 2.88. The van der Waals surface area contributed by atoms with Crippen molar-refractivity contribution in [3.05, 3.63) is 92.5 Å². The summed E-state index contributed by atoms with van der Waals surface area (Å²) in [6, 6.07) is 15.6. The normalized spacial score (nSPS) is 10.6. The first-order valence-electron chi connectivity index (χ1n) is 10.1. The molecule has 3 aromatic carbocycles. The summed E-state index contributed by atoms with van der Waals surface area (Å²) < 4.78 is 15.9. The molecule has 0 fully saturated rings. The number of hydrogen-bond acceptors (Lipinski definition) is 8. The lowest BCUT2D eigenvalue weighted by molar-refractivity contribution is -0.385. The van der Waals surface area contributed by atoms with Gasteiger partial charge in [-0.15, -0.1) is 0 Å². The summed E-state index contributed by atoms with van der Waals surface area (Å²) >= 11 is 6.03. The Morgan fingerprint density at radius 1 is 1.09 bits per heavy atom. The molecule has 0 heterocycles. The molecule has 0 saturated carbocycles. The van der Waals surface area contributed by atoms with Crippen LogP contribution in [0.1, 0.15) is 21.5 Å². The number of methoxy groups -OCH3 is 1. The van der Waals surface area contributed by atoms with Gasteiger partial charge in [-0.25, -0.2) is 10.2 Å². The molecular weight excluding hydrogens is 478 g/mol. The number of nitrogens with zero attached hydrogens (tertiary/aromatic N) is 2. The van der Waals surface area contributed by atoms with Crippen molar-refractivity contribution < 1.29 is 28.7 Å². The molecule has 0 aliphatic rings. The molecule has 0 spiro atoms. The molecule has 0 aromatic heterocycles. The van der Waals surface area contributed by atoms with Gasteiger partial charge in [-0.3, -0.25) is 14.9 Å². The molecule has 10 nitrogen and oxygen atoms in total. The molecule has 0 saturated heterocycles.